The molecular formula is C26H26N2O4. The molecule has 164 valence electrons. The summed E-state index contributed by atoms with van der Waals surface area (Å²) in [6, 6.07) is 11.6. The van der Waals surface area contributed by atoms with Gasteiger partial charge in [0.1, 0.15) is 11.2 Å². The van der Waals surface area contributed by atoms with E-state index in [4.69, 9.17) is 8.83 Å². The van der Waals surface area contributed by atoms with E-state index >= 15 is 0 Å². The van der Waals surface area contributed by atoms with E-state index in [-0.39, 0.29) is 0 Å². The lowest BCUT2D eigenvalue weighted by Crippen LogP contribution is -2.23. The Morgan fingerprint density at radius 1 is 0.594 bits per heavy atom. The molecule has 6 heteroatoms. The molecule has 0 spiro atoms. The number of fused-ring (bicyclic) bond motifs is 8. The van der Waals surface area contributed by atoms with Crippen LogP contribution in [-0.4, -0.2) is 26.2 Å². The van der Waals surface area contributed by atoms with Gasteiger partial charge in [0.05, 0.1) is 11.1 Å². The first kappa shape index (κ1) is 20.4. The minimum atomic E-state index is -0.420. The van der Waals surface area contributed by atoms with Crippen LogP contribution in [0.3, 0.4) is 0 Å². The molecule has 1 aliphatic carbocycles. The highest BCUT2D eigenvalue weighted by Crippen LogP contribution is 2.50. The van der Waals surface area contributed by atoms with Crippen molar-refractivity contribution in [3.8, 4) is 22.3 Å². The molecule has 0 amide bonds. The molecule has 0 aliphatic heterocycles. The zero-order chi connectivity index (χ0) is 22.6. The summed E-state index contributed by atoms with van der Waals surface area (Å²) in [6.45, 7) is 11.7. The molecule has 6 nitrogen and oxygen atoms in total. The number of hydrogen-bond donors (Lipinski definition) is 0. The van der Waals surface area contributed by atoms with E-state index in [1.54, 1.807) is 0 Å². The van der Waals surface area contributed by atoms with Gasteiger partial charge in [-0.2, -0.15) is 0 Å². The average Bonchev–Trinajstić information content (AvgIpc) is 2.76. The fourth-order valence-corrected chi connectivity index (χ4v) is 4.86. The second-order valence-electron chi connectivity index (χ2n) is 7.98. The first-order valence-corrected chi connectivity index (χ1v) is 11.2. The summed E-state index contributed by atoms with van der Waals surface area (Å²) in [5, 5.41) is 1.52. The van der Waals surface area contributed by atoms with Crippen molar-refractivity contribution in [3.05, 3.63) is 57.2 Å². The number of hydrogen-bond acceptors (Lipinski definition) is 6. The van der Waals surface area contributed by atoms with E-state index < -0.39 is 11.3 Å². The highest BCUT2D eigenvalue weighted by molar-refractivity contribution is 6.19. The summed E-state index contributed by atoms with van der Waals surface area (Å²) in [5.41, 5.74) is 4.32. The van der Waals surface area contributed by atoms with Crippen molar-refractivity contribution in [1.29, 1.82) is 0 Å². The highest BCUT2D eigenvalue weighted by Gasteiger charge is 2.35. The molecule has 4 aromatic rings. The lowest BCUT2D eigenvalue weighted by Gasteiger charge is -2.26. The molecular weight excluding hydrogens is 404 g/mol. The van der Waals surface area contributed by atoms with Crippen molar-refractivity contribution < 1.29 is 8.83 Å². The quantitative estimate of drug-likeness (QED) is 0.343. The van der Waals surface area contributed by atoms with Gasteiger partial charge in [-0.1, -0.05) is 0 Å². The Hall–Kier alpha value is -3.54. The predicted octanol–water partition coefficient (Wildman–Crippen LogP) is 5.24. The molecule has 0 unspecified atom stereocenters. The standard InChI is InChI=1S/C26H26N2O4/c1-5-27(6-2)15-9-11-17-19(13-15)31-25(29)23-21(17)24-22(23)18-12-10-16(28(7-3)8-4)14-20(18)32-26(24)30/h9-14H,5-8H2,1-4H3. The Kier molecular flexibility index (Phi) is 4.81. The Morgan fingerprint density at radius 3 is 1.31 bits per heavy atom. The summed E-state index contributed by atoms with van der Waals surface area (Å²) >= 11 is 0. The Labute approximate surface area is 185 Å². The molecule has 0 saturated heterocycles. The Morgan fingerprint density at radius 2 is 0.969 bits per heavy atom. The van der Waals surface area contributed by atoms with Gasteiger partial charge >= 0.3 is 11.3 Å². The van der Waals surface area contributed by atoms with Gasteiger partial charge in [0.25, 0.3) is 0 Å². The smallest absolute Gasteiger partial charge is 0.344 e. The maximum absolute atomic E-state index is 13.0. The summed E-state index contributed by atoms with van der Waals surface area (Å²) < 4.78 is 11.4. The first-order chi connectivity index (χ1) is 15.5. The third-order valence-corrected chi connectivity index (χ3v) is 6.54. The second kappa shape index (κ2) is 7.55. The van der Waals surface area contributed by atoms with Gasteiger partial charge in [0, 0.05) is 71.6 Å². The minimum Gasteiger partial charge on any atom is -0.422 e. The van der Waals surface area contributed by atoms with Gasteiger partial charge in [-0.05, 0) is 52.0 Å². The lowest BCUT2D eigenvalue weighted by atomic mass is 9.79. The fraction of sp³-hybridized carbons (Fsp3) is 0.308. The van der Waals surface area contributed by atoms with Crippen LogP contribution in [0.5, 0.6) is 0 Å². The molecule has 5 rings (SSSR count). The molecule has 0 fully saturated rings. The number of nitrogens with zero attached hydrogens (tertiary/aromatic N) is 2. The lowest BCUT2D eigenvalue weighted by molar-refractivity contribution is 0.555. The van der Waals surface area contributed by atoms with Crippen LogP contribution >= 0.6 is 0 Å². The van der Waals surface area contributed by atoms with Crippen LogP contribution in [0.4, 0.5) is 11.4 Å². The van der Waals surface area contributed by atoms with Crippen LogP contribution in [0.25, 0.3) is 44.2 Å². The summed E-state index contributed by atoms with van der Waals surface area (Å²) in [5.74, 6) is 0. The molecule has 32 heavy (non-hydrogen) atoms. The maximum Gasteiger partial charge on any atom is 0.344 e. The second-order valence-corrected chi connectivity index (χ2v) is 7.98. The van der Waals surface area contributed by atoms with Crippen molar-refractivity contribution >= 4 is 33.3 Å². The van der Waals surface area contributed by atoms with E-state index in [2.05, 4.69) is 37.5 Å². The van der Waals surface area contributed by atoms with Crippen LogP contribution in [0.2, 0.25) is 0 Å². The van der Waals surface area contributed by atoms with E-state index in [1.807, 2.05) is 36.4 Å². The van der Waals surface area contributed by atoms with Crippen LogP contribution in [0.1, 0.15) is 27.7 Å². The molecule has 0 radical (unpaired) electrons. The molecule has 0 atom stereocenters. The van der Waals surface area contributed by atoms with Crippen LogP contribution in [0, 0.1) is 0 Å². The molecule has 1 aliphatic rings. The Balaban J connectivity index is 1.72. The fourth-order valence-electron chi connectivity index (χ4n) is 4.86. The molecule has 2 heterocycles. The van der Waals surface area contributed by atoms with Crippen molar-refractivity contribution in [3.63, 3.8) is 0 Å². The van der Waals surface area contributed by atoms with Gasteiger partial charge < -0.3 is 18.6 Å². The summed E-state index contributed by atoms with van der Waals surface area (Å²) in [6.07, 6.45) is 0. The van der Waals surface area contributed by atoms with E-state index in [1.165, 1.54) is 0 Å². The predicted molar refractivity (Wildman–Crippen MR) is 130 cm³/mol. The molecule has 2 aromatic heterocycles. The van der Waals surface area contributed by atoms with Crippen LogP contribution in [0.15, 0.2) is 54.8 Å². The topological polar surface area (TPSA) is 66.9 Å². The third kappa shape index (κ3) is 2.79. The first-order valence-electron chi connectivity index (χ1n) is 11.2. The molecule has 0 bridgehead atoms. The number of anilines is 2. The average molecular weight is 431 g/mol. The van der Waals surface area contributed by atoms with Gasteiger partial charge in [-0.15, -0.1) is 0 Å². The van der Waals surface area contributed by atoms with Crippen molar-refractivity contribution in [1.82, 2.24) is 0 Å². The van der Waals surface area contributed by atoms with E-state index in [9.17, 15) is 9.59 Å². The maximum atomic E-state index is 13.0. The van der Waals surface area contributed by atoms with Gasteiger partial charge in [-0.3, -0.25) is 0 Å². The normalized spacial score (nSPS) is 11.9. The summed E-state index contributed by atoms with van der Waals surface area (Å²) in [4.78, 5) is 30.3. The van der Waals surface area contributed by atoms with Crippen LogP contribution < -0.4 is 21.1 Å². The van der Waals surface area contributed by atoms with Crippen molar-refractivity contribution in [2.24, 2.45) is 0 Å². The van der Waals surface area contributed by atoms with Gasteiger partial charge in [0.15, 0.2) is 0 Å². The minimum absolute atomic E-state index is 0.420. The zero-order valence-electron chi connectivity index (χ0n) is 18.8. The summed E-state index contributed by atoms with van der Waals surface area (Å²) in [7, 11) is 0. The zero-order valence-corrected chi connectivity index (χ0v) is 18.8. The largest absolute Gasteiger partial charge is 0.422 e. The van der Waals surface area contributed by atoms with E-state index in [0.717, 1.165) is 48.3 Å². The SMILES string of the molecule is CCN(CC)c1ccc2c3c(c(=O)oc2c1)-c1c-3c(=O)oc2cc(N(CC)CC)ccc12. The molecule has 0 saturated carbocycles. The monoisotopic (exact) mass is 430 g/mol. The van der Waals surface area contributed by atoms with Crippen molar-refractivity contribution in [2.75, 3.05) is 36.0 Å². The van der Waals surface area contributed by atoms with Gasteiger partial charge in [0.2, 0.25) is 0 Å². The molecule has 0 N–H and O–H groups in total. The number of rotatable bonds is 6. The van der Waals surface area contributed by atoms with Gasteiger partial charge in [-0.25, -0.2) is 9.59 Å². The van der Waals surface area contributed by atoms with Crippen LogP contribution in [-0.2, 0) is 0 Å². The Bertz CT molecular complexity index is 1350. The number of benzene rings is 2. The highest BCUT2D eigenvalue weighted by atomic mass is 16.4. The van der Waals surface area contributed by atoms with Crippen molar-refractivity contribution in [2.45, 2.75) is 27.7 Å². The molecule has 2 aromatic carbocycles. The van der Waals surface area contributed by atoms with E-state index in [0.29, 0.717) is 33.4 Å². The third-order valence-electron chi connectivity index (χ3n) is 6.54.